The molecule has 2 heterocycles. The molecule has 1 fully saturated rings. The lowest BCUT2D eigenvalue weighted by molar-refractivity contribution is 0.00673. The summed E-state index contributed by atoms with van der Waals surface area (Å²) in [6.45, 7) is 12.7. The third-order valence-corrected chi connectivity index (χ3v) is 5.33. The van der Waals surface area contributed by atoms with Crippen LogP contribution in [-0.4, -0.2) is 54.7 Å². The van der Waals surface area contributed by atoms with Gasteiger partial charge in [0.1, 0.15) is 0 Å². The van der Waals surface area contributed by atoms with Crippen molar-refractivity contribution in [3.05, 3.63) is 35.0 Å². The number of nitrogens with one attached hydrogen (secondary N) is 2. The number of nitrogens with zero attached hydrogens (tertiary/aromatic N) is 1. The molecule has 1 aromatic carbocycles. The first kappa shape index (κ1) is 18.0. The first-order valence-electron chi connectivity index (χ1n) is 9.16. The van der Waals surface area contributed by atoms with Crippen LogP contribution in [0.25, 0.3) is 10.9 Å². The maximum absolute atomic E-state index is 12.7. The van der Waals surface area contributed by atoms with Gasteiger partial charge in [-0.15, -0.1) is 0 Å². The van der Waals surface area contributed by atoms with Crippen LogP contribution in [0, 0.1) is 19.8 Å². The minimum Gasteiger partial charge on any atom is -0.379 e. The molecular weight excluding hydrogens is 314 g/mol. The molecule has 0 saturated carbocycles. The normalized spacial score (nSPS) is 17.2. The van der Waals surface area contributed by atoms with Gasteiger partial charge in [-0.2, -0.15) is 0 Å². The highest BCUT2D eigenvalue weighted by atomic mass is 16.5. The summed E-state index contributed by atoms with van der Waals surface area (Å²) in [4.78, 5) is 18.4. The van der Waals surface area contributed by atoms with Gasteiger partial charge in [0, 0.05) is 47.8 Å². The number of carbonyl (C=O) groups excluding carboxylic acids is 1. The number of carbonyl (C=O) groups is 1. The van der Waals surface area contributed by atoms with E-state index in [2.05, 4.69) is 42.9 Å². The van der Waals surface area contributed by atoms with Gasteiger partial charge in [-0.05, 0) is 43.5 Å². The Morgan fingerprint density at radius 1 is 1.28 bits per heavy atom. The van der Waals surface area contributed by atoms with Gasteiger partial charge in [0.2, 0.25) is 0 Å². The Bertz CT molecular complexity index is 745. The second-order valence-corrected chi connectivity index (χ2v) is 7.31. The highest BCUT2D eigenvalue weighted by Crippen LogP contribution is 2.22. The minimum absolute atomic E-state index is 0.000868. The fourth-order valence-corrected chi connectivity index (χ4v) is 3.60. The van der Waals surface area contributed by atoms with Crippen LogP contribution >= 0.6 is 0 Å². The highest BCUT2D eigenvalue weighted by molar-refractivity contribution is 5.99. The molecule has 25 heavy (non-hydrogen) atoms. The summed E-state index contributed by atoms with van der Waals surface area (Å²) < 4.78 is 5.45. The molecule has 1 saturated heterocycles. The van der Waals surface area contributed by atoms with E-state index >= 15 is 0 Å². The van der Waals surface area contributed by atoms with Gasteiger partial charge in [-0.1, -0.05) is 13.8 Å². The predicted octanol–water partition coefficient (Wildman–Crippen LogP) is 2.87. The number of hydrogen-bond acceptors (Lipinski definition) is 3. The molecule has 2 N–H and O–H groups in total. The molecule has 5 nitrogen and oxygen atoms in total. The minimum atomic E-state index is -0.000868. The fraction of sp³-hybridized carbons (Fsp3) is 0.550. The molecule has 1 unspecified atom stereocenters. The standard InChI is InChI=1S/C20H29N3O2/c1-13(2)19(23-7-9-25-10-8-23)12-21-20(24)16-5-6-18-17(11-16)14(3)15(4)22-18/h5-6,11,13,19,22H,7-10,12H2,1-4H3,(H,21,24). The molecule has 2 aromatic rings. The molecule has 0 spiro atoms. The van der Waals surface area contributed by atoms with E-state index in [0.29, 0.717) is 18.5 Å². The molecular formula is C20H29N3O2. The zero-order chi connectivity index (χ0) is 18.0. The molecule has 1 aliphatic rings. The van der Waals surface area contributed by atoms with Crippen molar-refractivity contribution in [3.8, 4) is 0 Å². The summed E-state index contributed by atoms with van der Waals surface area (Å²) in [5.74, 6) is 0.481. The number of ether oxygens (including phenoxy) is 1. The number of rotatable bonds is 5. The molecule has 1 aromatic heterocycles. The zero-order valence-electron chi connectivity index (χ0n) is 15.7. The van der Waals surface area contributed by atoms with Gasteiger partial charge in [-0.25, -0.2) is 0 Å². The van der Waals surface area contributed by atoms with E-state index in [1.54, 1.807) is 0 Å². The number of morpholine rings is 1. The number of aromatic amines is 1. The van der Waals surface area contributed by atoms with Crippen LogP contribution in [0.15, 0.2) is 18.2 Å². The molecule has 1 atom stereocenters. The maximum Gasteiger partial charge on any atom is 0.251 e. The number of aromatic nitrogens is 1. The second-order valence-electron chi connectivity index (χ2n) is 7.31. The number of benzene rings is 1. The van der Waals surface area contributed by atoms with Crippen molar-refractivity contribution < 1.29 is 9.53 Å². The lowest BCUT2D eigenvalue weighted by atomic mass is 10.0. The largest absolute Gasteiger partial charge is 0.379 e. The average Bonchev–Trinajstić information content (AvgIpc) is 2.89. The first-order valence-corrected chi connectivity index (χ1v) is 9.16. The fourth-order valence-electron chi connectivity index (χ4n) is 3.60. The van der Waals surface area contributed by atoms with Crippen molar-refractivity contribution in [2.75, 3.05) is 32.8 Å². The monoisotopic (exact) mass is 343 g/mol. The summed E-state index contributed by atoms with van der Waals surface area (Å²) in [7, 11) is 0. The van der Waals surface area contributed by atoms with Crippen molar-refractivity contribution in [3.63, 3.8) is 0 Å². The third kappa shape index (κ3) is 3.88. The lowest BCUT2D eigenvalue weighted by Crippen LogP contribution is -2.51. The average molecular weight is 343 g/mol. The first-order chi connectivity index (χ1) is 12.0. The summed E-state index contributed by atoms with van der Waals surface area (Å²) in [5, 5.41) is 4.26. The Morgan fingerprint density at radius 3 is 2.68 bits per heavy atom. The Labute approximate surface area is 149 Å². The molecule has 3 rings (SSSR count). The van der Waals surface area contributed by atoms with Gasteiger partial charge < -0.3 is 15.0 Å². The molecule has 1 amide bonds. The quantitative estimate of drug-likeness (QED) is 0.878. The smallest absolute Gasteiger partial charge is 0.251 e. The molecule has 0 bridgehead atoms. The highest BCUT2D eigenvalue weighted by Gasteiger charge is 2.24. The number of H-pyrrole nitrogens is 1. The van der Waals surface area contributed by atoms with Crippen molar-refractivity contribution in [1.82, 2.24) is 15.2 Å². The molecule has 136 valence electrons. The van der Waals surface area contributed by atoms with Crippen LogP contribution in [0.4, 0.5) is 0 Å². The zero-order valence-corrected chi connectivity index (χ0v) is 15.7. The number of fused-ring (bicyclic) bond motifs is 1. The van der Waals surface area contributed by atoms with E-state index in [1.165, 1.54) is 5.56 Å². The van der Waals surface area contributed by atoms with Gasteiger partial charge in [0.15, 0.2) is 0 Å². The van der Waals surface area contributed by atoms with Crippen LogP contribution in [0.2, 0.25) is 0 Å². The molecule has 1 aliphatic heterocycles. The van der Waals surface area contributed by atoms with E-state index < -0.39 is 0 Å². The molecule has 0 aliphatic carbocycles. The number of aryl methyl sites for hydroxylation is 2. The number of amides is 1. The van der Waals surface area contributed by atoms with E-state index in [4.69, 9.17) is 4.74 Å². The molecule has 0 radical (unpaired) electrons. The Morgan fingerprint density at radius 2 is 2.00 bits per heavy atom. The van der Waals surface area contributed by atoms with Crippen molar-refractivity contribution in [2.24, 2.45) is 5.92 Å². The summed E-state index contributed by atoms with van der Waals surface area (Å²) in [5.41, 5.74) is 4.16. The van der Waals surface area contributed by atoms with Crippen LogP contribution in [-0.2, 0) is 4.74 Å². The Balaban J connectivity index is 1.69. The van der Waals surface area contributed by atoms with Gasteiger partial charge >= 0.3 is 0 Å². The number of hydrogen-bond donors (Lipinski definition) is 2. The van der Waals surface area contributed by atoms with Crippen LogP contribution in [0.5, 0.6) is 0 Å². The van der Waals surface area contributed by atoms with Crippen LogP contribution in [0.3, 0.4) is 0 Å². The van der Waals surface area contributed by atoms with Crippen molar-refractivity contribution in [1.29, 1.82) is 0 Å². The van der Waals surface area contributed by atoms with Crippen molar-refractivity contribution in [2.45, 2.75) is 33.7 Å². The van der Waals surface area contributed by atoms with Gasteiger partial charge in [0.05, 0.1) is 13.2 Å². The predicted molar refractivity (Wildman–Crippen MR) is 101 cm³/mol. The Kier molecular flexibility index (Phi) is 5.45. The van der Waals surface area contributed by atoms with E-state index in [9.17, 15) is 4.79 Å². The Hall–Kier alpha value is -1.85. The van der Waals surface area contributed by atoms with Crippen LogP contribution in [0.1, 0.15) is 35.5 Å². The summed E-state index contributed by atoms with van der Waals surface area (Å²) in [6, 6.07) is 6.22. The molecule has 5 heteroatoms. The third-order valence-electron chi connectivity index (χ3n) is 5.33. The maximum atomic E-state index is 12.7. The summed E-state index contributed by atoms with van der Waals surface area (Å²) >= 11 is 0. The van der Waals surface area contributed by atoms with Crippen molar-refractivity contribution >= 4 is 16.8 Å². The summed E-state index contributed by atoms with van der Waals surface area (Å²) in [6.07, 6.45) is 0. The van der Waals surface area contributed by atoms with E-state index in [0.717, 1.165) is 48.5 Å². The van der Waals surface area contributed by atoms with Gasteiger partial charge in [-0.3, -0.25) is 9.69 Å². The second kappa shape index (κ2) is 7.58. The van der Waals surface area contributed by atoms with E-state index in [1.807, 2.05) is 18.2 Å². The topological polar surface area (TPSA) is 57.4 Å². The van der Waals surface area contributed by atoms with Gasteiger partial charge in [0.25, 0.3) is 5.91 Å². The lowest BCUT2D eigenvalue weighted by Gasteiger charge is -2.36. The van der Waals surface area contributed by atoms with Crippen LogP contribution < -0.4 is 5.32 Å². The van der Waals surface area contributed by atoms with E-state index in [-0.39, 0.29) is 5.91 Å². The SMILES string of the molecule is Cc1[nH]c2ccc(C(=O)NCC(C(C)C)N3CCOCC3)cc2c1C.